The van der Waals surface area contributed by atoms with Gasteiger partial charge in [0.25, 0.3) is 0 Å². The highest BCUT2D eigenvalue weighted by Crippen LogP contribution is 2.16. The lowest BCUT2D eigenvalue weighted by molar-refractivity contribution is 0.396. The molecule has 0 unspecified atom stereocenters. The zero-order valence-corrected chi connectivity index (χ0v) is 5.80. The summed E-state index contributed by atoms with van der Waals surface area (Å²) in [4.78, 5) is 2.28. The van der Waals surface area contributed by atoms with E-state index in [4.69, 9.17) is 5.26 Å². The van der Waals surface area contributed by atoms with Gasteiger partial charge in [-0.2, -0.15) is 5.26 Å². The summed E-state index contributed by atoms with van der Waals surface area (Å²) in [7, 11) is 2.11. The fraction of sp³-hybridized carbons (Fsp3) is 0.857. The van der Waals surface area contributed by atoms with Crippen molar-refractivity contribution in [2.24, 2.45) is 5.92 Å². The van der Waals surface area contributed by atoms with Crippen LogP contribution in [0.4, 0.5) is 0 Å². The van der Waals surface area contributed by atoms with Crippen molar-refractivity contribution in [1.29, 1.82) is 5.26 Å². The molecule has 50 valence electrons. The van der Waals surface area contributed by atoms with Crippen LogP contribution >= 0.6 is 0 Å². The summed E-state index contributed by atoms with van der Waals surface area (Å²) in [6, 6.07) is 2.20. The van der Waals surface area contributed by atoms with E-state index in [1.54, 1.807) is 0 Å². The number of likely N-dealkylation sites (tertiary alicyclic amines) is 1. The molecule has 1 aliphatic heterocycles. The first-order valence-corrected chi connectivity index (χ1v) is 3.38. The molecule has 0 aromatic carbocycles. The minimum Gasteiger partial charge on any atom is -0.306 e. The Bertz CT molecular complexity index is 125. The summed E-state index contributed by atoms with van der Waals surface area (Å²) >= 11 is 0. The second-order valence-corrected chi connectivity index (χ2v) is 2.78. The maximum Gasteiger partial charge on any atom is 0.0625 e. The fourth-order valence-electron chi connectivity index (χ4n) is 1.32. The number of nitrogens with zero attached hydrogens (tertiary/aromatic N) is 2. The first kappa shape index (κ1) is 6.57. The van der Waals surface area contributed by atoms with Crippen LogP contribution in [0, 0.1) is 17.2 Å². The molecule has 2 heteroatoms. The molecule has 0 amide bonds. The highest BCUT2D eigenvalue weighted by molar-refractivity contribution is 4.81. The van der Waals surface area contributed by atoms with E-state index in [1.807, 2.05) is 0 Å². The predicted molar refractivity (Wildman–Crippen MR) is 35.8 cm³/mol. The van der Waals surface area contributed by atoms with Crippen molar-refractivity contribution < 1.29 is 0 Å². The largest absolute Gasteiger partial charge is 0.306 e. The zero-order valence-electron chi connectivity index (χ0n) is 5.80. The first-order chi connectivity index (χ1) is 4.33. The molecule has 1 aliphatic rings. The Morgan fingerprint density at radius 1 is 1.78 bits per heavy atom. The molecule has 1 heterocycles. The number of rotatable bonds is 1. The summed E-state index contributed by atoms with van der Waals surface area (Å²) < 4.78 is 0. The quantitative estimate of drug-likeness (QED) is 0.518. The molecule has 0 N–H and O–H groups in total. The molecule has 1 fully saturated rings. The minimum absolute atomic E-state index is 0.653. The summed E-state index contributed by atoms with van der Waals surface area (Å²) in [6.07, 6.45) is 1.95. The Kier molecular flexibility index (Phi) is 2.07. The maximum atomic E-state index is 8.34. The van der Waals surface area contributed by atoms with E-state index in [-0.39, 0.29) is 0 Å². The normalized spacial score (nSPS) is 28.2. The molecule has 1 saturated heterocycles. The van der Waals surface area contributed by atoms with Crippen LogP contribution in [0.2, 0.25) is 0 Å². The average molecular weight is 124 g/mol. The third kappa shape index (κ3) is 1.69. The Hall–Kier alpha value is -0.550. The van der Waals surface area contributed by atoms with Crippen LogP contribution in [-0.2, 0) is 0 Å². The third-order valence-corrected chi connectivity index (χ3v) is 1.87. The van der Waals surface area contributed by atoms with Gasteiger partial charge in [0.05, 0.1) is 6.07 Å². The summed E-state index contributed by atoms with van der Waals surface area (Å²) in [5, 5.41) is 8.34. The van der Waals surface area contributed by atoms with Crippen molar-refractivity contribution >= 4 is 0 Å². The van der Waals surface area contributed by atoms with Crippen LogP contribution < -0.4 is 0 Å². The summed E-state index contributed by atoms with van der Waals surface area (Å²) in [6.45, 7) is 2.29. The van der Waals surface area contributed by atoms with Crippen molar-refractivity contribution in [3.05, 3.63) is 0 Å². The van der Waals surface area contributed by atoms with Gasteiger partial charge >= 0.3 is 0 Å². The van der Waals surface area contributed by atoms with Crippen LogP contribution in [0.15, 0.2) is 0 Å². The van der Waals surface area contributed by atoms with Crippen LogP contribution in [0.3, 0.4) is 0 Å². The van der Waals surface area contributed by atoms with E-state index in [0.717, 1.165) is 13.0 Å². The van der Waals surface area contributed by atoms with Crippen LogP contribution in [0.1, 0.15) is 12.8 Å². The van der Waals surface area contributed by atoms with Crippen molar-refractivity contribution in [2.75, 3.05) is 20.1 Å². The molecule has 0 bridgehead atoms. The Morgan fingerprint density at radius 2 is 2.56 bits per heavy atom. The second-order valence-electron chi connectivity index (χ2n) is 2.78. The van der Waals surface area contributed by atoms with Crippen molar-refractivity contribution in [3.63, 3.8) is 0 Å². The fourth-order valence-corrected chi connectivity index (χ4v) is 1.32. The van der Waals surface area contributed by atoms with Gasteiger partial charge in [-0.3, -0.25) is 0 Å². The van der Waals surface area contributed by atoms with Gasteiger partial charge in [0.1, 0.15) is 0 Å². The smallest absolute Gasteiger partial charge is 0.0625 e. The van der Waals surface area contributed by atoms with Crippen LogP contribution in [0.25, 0.3) is 0 Å². The lowest BCUT2D eigenvalue weighted by Gasteiger charge is -2.04. The van der Waals surface area contributed by atoms with Crippen LogP contribution in [0.5, 0.6) is 0 Å². The van der Waals surface area contributed by atoms with Crippen molar-refractivity contribution in [2.45, 2.75) is 12.8 Å². The lowest BCUT2D eigenvalue weighted by atomic mass is 10.1. The molecule has 0 aromatic heterocycles. The Morgan fingerprint density at radius 3 is 3.00 bits per heavy atom. The molecule has 0 saturated carbocycles. The van der Waals surface area contributed by atoms with Gasteiger partial charge in [-0.15, -0.1) is 0 Å². The summed E-state index contributed by atoms with van der Waals surface area (Å²) in [5.74, 6) is 0.653. The van der Waals surface area contributed by atoms with Crippen molar-refractivity contribution in [1.82, 2.24) is 4.90 Å². The molecule has 0 aliphatic carbocycles. The summed E-state index contributed by atoms with van der Waals surface area (Å²) in [5.41, 5.74) is 0. The van der Waals surface area contributed by atoms with E-state index >= 15 is 0 Å². The highest BCUT2D eigenvalue weighted by atomic mass is 15.1. The number of hydrogen-bond donors (Lipinski definition) is 0. The lowest BCUT2D eigenvalue weighted by Crippen LogP contribution is -2.13. The Balaban J connectivity index is 2.24. The van der Waals surface area contributed by atoms with Crippen LogP contribution in [-0.4, -0.2) is 25.0 Å². The molecule has 0 radical (unpaired) electrons. The number of nitriles is 1. The second kappa shape index (κ2) is 2.84. The van der Waals surface area contributed by atoms with Gasteiger partial charge in [0, 0.05) is 13.0 Å². The van der Waals surface area contributed by atoms with E-state index in [1.165, 1.54) is 13.0 Å². The Labute approximate surface area is 56.1 Å². The maximum absolute atomic E-state index is 8.34. The van der Waals surface area contributed by atoms with Crippen molar-refractivity contribution in [3.8, 4) is 6.07 Å². The average Bonchev–Trinajstić information content (AvgIpc) is 2.17. The van der Waals surface area contributed by atoms with E-state index < -0.39 is 0 Å². The molecule has 0 spiro atoms. The topological polar surface area (TPSA) is 27.0 Å². The molecule has 0 aromatic rings. The highest BCUT2D eigenvalue weighted by Gasteiger charge is 2.18. The minimum atomic E-state index is 0.653. The third-order valence-electron chi connectivity index (χ3n) is 1.87. The SMILES string of the molecule is CN1CC[C@H](CC#N)C1. The van der Waals surface area contributed by atoms with Gasteiger partial charge in [-0.25, -0.2) is 0 Å². The number of hydrogen-bond acceptors (Lipinski definition) is 2. The molecule has 1 atom stereocenters. The van der Waals surface area contributed by atoms with E-state index in [0.29, 0.717) is 5.92 Å². The molecule has 1 rings (SSSR count). The molecule has 2 nitrogen and oxygen atoms in total. The monoisotopic (exact) mass is 124 g/mol. The molecular formula is C7H12N2. The van der Waals surface area contributed by atoms with Gasteiger partial charge < -0.3 is 4.90 Å². The predicted octanol–water partition coefficient (Wildman–Crippen LogP) is 0.852. The van der Waals surface area contributed by atoms with Gasteiger partial charge in [0.2, 0.25) is 0 Å². The van der Waals surface area contributed by atoms with E-state index in [9.17, 15) is 0 Å². The molecule has 9 heavy (non-hydrogen) atoms. The molecular weight excluding hydrogens is 112 g/mol. The van der Waals surface area contributed by atoms with E-state index in [2.05, 4.69) is 18.0 Å². The van der Waals surface area contributed by atoms with Gasteiger partial charge in [-0.05, 0) is 25.9 Å². The zero-order chi connectivity index (χ0) is 6.69. The first-order valence-electron chi connectivity index (χ1n) is 3.38. The van der Waals surface area contributed by atoms with Gasteiger partial charge in [-0.1, -0.05) is 0 Å². The standard InChI is InChI=1S/C7H12N2/c1-9-5-3-7(6-9)2-4-8/h7H,2-3,5-6H2,1H3/t7-/m0/s1. The van der Waals surface area contributed by atoms with Gasteiger partial charge in [0.15, 0.2) is 0 Å².